The summed E-state index contributed by atoms with van der Waals surface area (Å²) in [6.07, 6.45) is 0. The molecule has 0 radical (unpaired) electrons. The molecule has 0 spiro atoms. The summed E-state index contributed by atoms with van der Waals surface area (Å²) < 4.78 is 6.46. The highest BCUT2D eigenvalue weighted by atomic mass is 16.3. The topological polar surface area (TPSA) is 16.4 Å². The van der Waals surface area contributed by atoms with Crippen molar-refractivity contribution in [2.45, 2.75) is 6.92 Å². The van der Waals surface area contributed by atoms with Crippen molar-refractivity contribution in [3.63, 3.8) is 0 Å². The van der Waals surface area contributed by atoms with Gasteiger partial charge in [-0.3, -0.25) is 0 Å². The maximum Gasteiger partial charge on any atom is 0.143 e. The van der Waals surface area contributed by atoms with Crippen LogP contribution < -0.4 is 4.90 Å². The number of furan rings is 1. The van der Waals surface area contributed by atoms with E-state index < -0.39 is 0 Å². The number of aryl methyl sites for hydroxylation is 1. The van der Waals surface area contributed by atoms with E-state index in [2.05, 4.69) is 157 Å². The minimum absolute atomic E-state index is 0.910. The third-order valence-corrected chi connectivity index (χ3v) is 9.07. The summed E-state index contributed by atoms with van der Waals surface area (Å²) in [5.74, 6) is 0. The molecule has 9 rings (SSSR count). The third-order valence-electron chi connectivity index (χ3n) is 9.07. The largest absolute Gasteiger partial charge is 0.455 e. The lowest BCUT2D eigenvalue weighted by molar-refractivity contribution is 0.670. The molecule has 45 heavy (non-hydrogen) atoms. The van der Waals surface area contributed by atoms with Gasteiger partial charge in [0.05, 0.1) is 5.69 Å². The minimum Gasteiger partial charge on any atom is -0.455 e. The van der Waals surface area contributed by atoms with E-state index in [1.54, 1.807) is 0 Å². The molecular weight excluding hydrogens is 546 g/mol. The molecule has 0 aliphatic rings. The zero-order valence-electron chi connectivity index (χ0n) is 24.9. The summed E-state index contributed by atoms with van der Waals surface area (Å²) in [7, 11) is 0. The third kappa shape index (κ3) is 4.11. The molecule has 0 saturated carbocycles. The van der Waals surface area contributed by atoms with Crippen molar-refractivity contribution >= 4 is 71.3 Å². The van der Waals surface area contributed by atoms with E-state index in [0.29, 0.717) is 0 Å². The van der Waals surface area contributed by atoms with Gasteiger partial charge in [-0.15, -0.1) is 0 Å². The maximum absolute atomic E-state index is 6.46. The SMILES string of the molecule is Cc1cccc(N(c2cccc(-c3cccc4c3oc3ccccc34)c2)c2cc3c4ccccc4ccc3c3ccccc23)c1. The lowest BCUT2D eigenvalue weighted by atomic mass is 9.95. The van der Waals surface area contributed by atoms with Gasteiger partial charge >= 0.3 is 0 Å². The quantitative estimate of drug-likeness (QED) is 0.194. The number of para-hydroxylation sites is 2. The average molecular weight is 576 g/mol. The second-order valence-corrected chi connectivity index (χ2v) is 11.8. The molecule has 9 aromatic rings. The Morgan fingerprint density at radius 1 is 0.444 bits per heavy atom. The molecule has 2 nitrogen and oxygen atoms in total. The van der Waals surface area contributed by atoms with E-state index in [-0.39, 0.29) is 0 Å². The van der Waals surface area contributed by atoms with Gasteiger partial charge in [0.2, 0.25) is 0 Å². The maximum atomic E-state index is 6.46. The van der Waals surface area contributed by atoms with Crippen molar-refractivity contribution in [3.8, 4) is 11.1 Å². The summed E-state index contributed by atoms with van der Waals surface area (Å²) in [6.45, 7) is 2.16. The second kappa shape index (κ2) is 10.1. The standard InChI is InChI=1S/C43H29NO/c1-28-11-8-14-31(25-28)44(41-27-40-33-16-3-2-12-29(33)23-24-36(40)35-17-4-5-18-37(35)41)32-15-9-13-30(26-32)34-20-10-21-39-38-19-6-7-22-42(38)45-43(34)39/h2-27H,1H3. The van der Waals surface area contributed by atoms with E-state index >= 15 is 0 Å². The van der Waals surface area contributed by atoms with Crippen LogP contribution in [0.5, 0.6) is 0 Å². The lowest BCUT2D eigenvalue weighted by Gasteiger charge is -2.28. The van der Waals surface area contributed by atoms with Gasteiger partial charge in [0.15, 0.2) is 0 Å². The Hall–Kier alpha value is -5.86. The Kier molecular flexibility index (Phi) is 5.76. The van der Waals surface area contributed by atoms with Gasteiger partial charge in [-0.25, -0.2) is 0 Å². The van der Waals surface area contributed by atoms with E-state index in [1.807, 2.05) is 12.1 Å². The molecule has 212 valence electrons. The van der Waals surface area contributed by atoms with Crippen LogP contribution in [0.2, 0.25) is 0 Å². The van der Waals surface area contributed by atoms with Crippen LogP contribution in [0.1, 0.15) is 5.56 Å². The van der Waals surface area contributed by atoms with Crippen molar-refractivity contribution in [2.24, 2.45) is 0 Å². The van der Waals surface area contributed by atoms with Gasteiger partial charge in [-0.1, -0.05) is 121 Å². The molecule has 0 saturated heterocycles. The smallest absolute Gasteiger partial charge is 0.143 e. The van der Waals surface area contributed by atoms with Crippen LogP contribution >= 0.6 is 0 Å². The van der Waals surface area contributed by atoms with Crippen LogP contribution in [0.15, 0.2) is 162 Å². The van der Waals surface area contributed by atoms with Gasteiger partial charge < -0.3 is 9.32 Å². The Labute approximate surface area is 261 Å². The first kappa shape index (κ1) is 25.6. The number of hydrogen-bond acceptors (Lipinski definition) is 2. The number of benzene rings is 8. The second-order valence-electron chi connectivity index (χ2n) is 11.8. The van der Waals surface area contributed by atoms with Crippen LogP contribution in [0.3, 0.4) is 0 Å². The number of hydrogen-bond donors (Lipinski definition) is 0. The predicted octanol–water partition coefficient (Wildman–Crippen LogP) is 12.5. The van der Waals surface area contributed by atoms with E-state index in [9.17, 15) is 0 Å². The highest BCUT2D eigenvalue weighted by Crippen LogP contribution is 2.45. The average Bonchev–Trinajstić information content (AvgIpc) is 3.48. The first-order valence-corrected chi connectivity index (χ1v) is 15.4. The monoisotopic (exact) mass is 575 g/mol. The van der Waals surface area contributed by atoms with Crippen molar-refractivity contribution in [1.29, 1.82) is 0 Å². The summed E-state index contributed by atoms with van der Waals surface area (Å²) in [5, 5.41) is 9.76. The molecule has 8 aromatic carbocycles. The van der Waals surface area contributed by atoms with E-state index in [0.717, 1.165) is 50.1 Å². The highest BCUT2D eigenvalue weighted by molar-refractivity contribution is 6.21. The van der Waals surface area contributed by atoms with Gasteiger partial charge in [-0.2, -0.15) is 0 Å². The first-order valence-electron chi connectivity index (χ1n) is 15.4. The fraction of sp³-hybridized carbons (Fsp3) is 0.0233. The Morgan fingerprint density at radius 2 is 1.11 bits per heavy atom. The van der Waals surface area contributed by atoms with E-state index in [1.165, 1.54) is 37.9 Å². The fourth-order valence-electron chi connectivity index (χ4n) is 7.01. The van der Waals surface area contributed by atoms with Gasteiger partial charge in [0, 0.05) is 33.1 Å². The van der Waals surface area contributed by atoms with Gasteiger partial charge in [0.25, 0.3) is 0 Å². The van der Waals surface area contributed by atoms with Crippen LogP contribution in [-0.2, 0) is 0 Å². The molecule has 0 bridgehead atoms. The van der Waals surface area contributed by atoms with Crippen LogP contribution in [0, 0.1) is 6.92 Å². The molecule has 0 N–H and O–H groups in total. The van der Waals surface area contributed by atoms with E-state index in [4.69, 9.17) is 4.42 Å². The highest BCUT2D eigenvalue weighted by Gasteiger charge is 2.20. The zero-order valence-corrected chi connectivity index (χ0v) is 24.9. The Morgan fingerprint density at radius 3 is 1.98 bits per heavy atom. The molecular formula is C43H29NO. The number of fused-ring (bicyclic) bond motifs is 8. The number of nitrogens with zero attached hydrogens (tertiary/aromatic N) is 1. The minimum atomic E-state index is 0.910. The van der Waals surface area contributed by atoms with Crippen molar-refractivity contribution in [1.82, 2.24) is 0 Å². The molecule has 0 unspecified atom stereocenters. The number of anilines is 3. The number of rotatable bonds is 4. The van der Waals surface area contributed by atoms with Gasteiger partial charge in [-0.05, 0) is 81.4 Å². The summed E-state index contributed by atoms with van der Waals surface area (Å²) in [5.41, 5.74) is 8.62. The van der Waals surface area contributed by atoms with Crippen molar-refractivity contribution in [2.75, 3.05) is 4.90 Å². The van der Waals surface area contributed by atoms with Crippen molar-refractivity contribution < 1.29 is 4.42 Å². The summed E-state index contributed by atoms with van der Waals surface area (Å²) in [6, 6.07) is 56.8. The van der Waals surface area contributed by atoms with Crippen molar-refractivity contribution in [3.05, 3.63) is 163 Å². The molecule has 1 heterocycles. The van der Waals surface area contributed by atoms with Gasteiger partial charge in [0.1, 0.15) is 11.2 Å². The van der Waals surface area contributed by atoms with Crippen LogP contribution in [0.25, 0.3) is 65.4 Å². The fourth-order valence-corrected chi connectivity index (χ4v) is 7.01. The molecule has 0 fully saturated rings. The lowest BCUT2D eigenvalue weighted by Crippen LogP contribution is -2.11. The molecule has 0 amide bonds. The first-order chi connectivity index (χ1) is 22.2. The predicted molar refractivity (Wildman–Crippen MR) is 191 cm³/mol. The molecule has 0 atom stereocenters. The molecule has 0 aliphatic heterocycles. The molecule has 0 aliphatic carbocycles. The van der Waals surface area contributed by atoms with Crippen LogP contribution in [-0.4, -0.2) is 0 Å². The zero-order chi connectivity index (χ0) is 29.9. The Bertz CT molecular complexity index is 2570. The summed E-state index contributed by atoms with van der Waals surface area (Å²) >= 11 is 0. The molecule has 2 heteroatoms. The normalized spacial score (nSPS) is 11.7. The Balaban J connectivity index is 1.33. The summed E-state index contributed by atoms with van der Waals surface area (Å²) in [4.78, 5) is 2.42. The van der Waals surface area contributed by atoms with Crippen LogP contribution in [0.4, 0.5) is 17.1 Å². The molecule has 1 aromatic heterocycles.